The van der Waals surface area contributed by atoms with Crippen LogP contribution in [-0.2, 0) is 10.2 Å². The minimum atomic E-state index is -0.562. The second-order valence-corrected chi connectivity index (χ2v) is 7.54. The fourth-order valence-corrected chi connectivity index (χ4v) is 3.46. The van der Waals surface area contributed by atoms with Crippen LogP contribution in [-0.4, -0.2) is 30.6 Å². The monoisotopic (exact) mass is 367 g/mol. The van der Waals surface area contributed by atoms with Gasteiger partial charge in [0.2, 0.25) is 11.8 Å². The summed E-state index contributed by atoms with van der Waals surface area (Å²) >= 11 is 0. The third-order valence-corrected chi connectivity index (χ3v) is 5.08. The zero-order valence-electron chi connectivity index (χ0n) is 16.6. The van der Waals surface area contributed by atoms with Gasteiger partial charge in [-0.15, -0.1) is 0 Å². The Hall–Kier alpha value is -2.40. The number of anilines is 1. The predicted molar refractivity (Wildman–Crippen MR) is 108 cm³/mol. The molecule has 0 radical (unpaired) electrons. The van der Waals surface area contributed by atoms with Crippen LogP contribution < -0.4 is 15.4 Å². The number of carbonyl (C=O) groups is 1. The van der Waals surface area contributed by atoms with Crippen LogP contribution in [0, 0.1) is 6.92 Å². The average Bonchev–Trinajstić information content (AvgIpc) is 2.61. The van der Waals surface area contributed by atoms with Crippen molar-refractivity contribution in [3.8, 4) is 5.88 Å². The molecule has 1 aliphatic rings. The molecule has 3 rings (SSSR count). The zero-order chi connectivity index (χ0) is 19.4. The Balaban J connectivity index is 1.91. The summed E-state index contributed by atoms with van der Waals surface area (Å²) in [5, 5.41) is 6.37. The first kappa shape index (κ1) is 19.4. The Morgan fingerprint density at radius 2 is 2.00 bits per heavy atom. The highest BCUT2D eigenvalue weighted by molar-refractivity contribution is 6.01. The summed E-state index contributed by atoms with van der Waals surface area (Å²) in [5.41, 5.74) is 3.26. The lowest BCUT2D eigenvalue weighted by Gasteiger charge is -2.43. The van der Waals surface area contributed by atoms with E-state index in [1.54, 1.807) is 0 Å². The van der Waals surface area contributed by atoms with Crippen molar-refractivity contribution in [2.24, 2.45) is 0 Å². The van der Waals surface area contributed by atoms with Crippen molar-refractivity contribution in [2.75, 3.05) is 25.0 Å². The number of hydrogen-bond donors (Lipinski definition) is 2. The fourth-order valence-electron chi connectivity index (χ4n) is 3.46. The van der Waals surface area contributed by atoms with Gasteiger partial charge in [0.15, 0.2) is 0 Å². The van der Waals surface area contributed by atoms with Crippen LogP contribution in [0.2, 0.25) is 0 Å². The summed E-state index contributed by atoms with van der Waals surface area (Å²) in [5.74, 6) is 0.835. The van der Waals surface area contributed by atoms with E-state index in [-0.39, 0.29) is 5.91 Å². The van der Waals surface area contributed by atoms with Gasteiger partial charge in [0.05, 0.1) is 12.0 Å². The molecule has 2 aromatic rings. The lowest BCUT2D eigenvalue weighted by molar-refractivity contribution is -0.123. The van der Waals surface area contributed by atoms with E-state index in [0.717, 1.165) is 17.7 Å². The largest absolute Gasteiger partial charge is 0.476 e. The quantitative estimate of drug-likeness (QED) is 0.782. The summed E-state index contributed by atoms with van der Waals surface area (Å²) in [7, 11) is 0. The van der Waals surface area contributed by atoms with Gasteiger partial charge in [-0.1, -0.05) is 45.0 Å². The second-order valence-electron chi connectivity index (χ2n) is 7.54. The lowest BCUT2D eigenvalue weighted by atomic mass is 9.71. The first-order valence-electron chi connectivity index (χ1n) is 9.70. The maximum atomic E-state index is 13.4. The highest BCUT2D eigenvalue weighted by atomic mass is 16.5. The number of pyridine rings is 1. The van der Waals surface area contributed by atoms with Crippen molar-refractivity contribution in [3.05, 3.63) is 53.2 Å². The normalized spacial score (nSPS) is 15.3. The molecule has 5 heteroatoms. The molecule has 27 heavy (non-hydrogen) atoms. The predicted octanol–water partition coefficient (Wildman–Crippen LogP) is 3.78. The summed E-state index contributed by atoms with van der Waals surface area (Å²) in [6.07, 6.45) is 0.888. The van der Waals surface area contributed by atoms with E-state index in [1.165, 1.54) is 5.56 Å². The molecule has 1 aliphatic heterocycles. The molecule has 1 saturated heterocycles. The molecular formula is C22H29N3O2. The number of hydrogen-bond acceptors (Lipinski definition) is 4. The van der Waals surface area contributed by atoms with E-state index in [2.05, 4.69) is 41.6 Å². The van der Waals surface area contributed by atoms with Crippen LogP contribution in [0.4, 0.5) is 5.69 Å². The molecule has 0 atom stereocenters. The first-order valence-corrected chi connectivity index (χ1v) is 9.70. The minimum Gasteiger partial charge on any atom is -0.476 e. The van der Waals surface area contributed by atoms with Crippen molar-refractivity contribution in [1.29, 1.82) is 0 Å². The molecule has 1 fully saturated rings. The van der Waals surface area contributed by atoms with Crippen molar-refractivity contribution < 1.29 is 9.53 Å². The topological polar surface area (TPSA) is 63.2 Å². The van der Waals surface area contributed by atoms with Crippen LogP contribution in [0.5, 0.6) is 5.88 Å². The molecule has 0 bridgehead atoms. The van der Waals surface area contributed by atoms with Crippen LogP contribution in [0.1, 0.15) is 49.9 Å². The van der Waals surface area contributed by atoms with Gasteiger partial charge in [0.1, 0.15) is 5.69 Å². The number of aryl methyl sites for hydroxylation is 1. The molecule has 0 spiro atoms. The number of carbonyl (C=O) groups excluding carboxylic acids is 1. The van der Waals surface area contributed by atoms with Gasteiger partial charge in [-0.05, 0) is 42.5 Å². The second kappa shape index (κ2) is 8.09. The van der Waals surface area contributed by atoms with Gasteiger partial charge in [0, 0.05) is 18.8 Å². The maximum absolute atomic E-state index is 13.4. The fraction of sp³-hybridized carbons (Fsp3) is 0.455. The van der Waals surface area contributed by atoms with Gasteiger partial charge in [-0.3, -0.25) is 4.79 Å². The molecule has 5 nitrogen and oxygen atoms in total. The van der Waals surface area contributed by atoms with Crippen LogP contribution in [0.25, 0.3) is 0 Å². The number of rotatable bonds is 7. The summed E-state index contributed by atoms with van der Waals surface area (Å²) < 4.78 is 5.76. The number of ether oxygens (including phenoxy) is 1. The van der Waals surface area contributed by atoms with Gasteiger partial charge in [-0.25, -0.2) is 4.98 Å². The van der Waals surface area contributed by atoms with E-state index in [1.807, 2.05) is 38.1 Å². The van der Waals surface area contributed by atoms with Gasteiger partial charge >= 0.3 is 0 Å². The Kier molecular flexibility index (Phi) is 5.80. The minimum absolute atomic E-state index is 0.0126. The number of amides is 1. The molecule has 1 amide bonds. The van der Waals surface area contributed by atoms with Crippen LogP contribution >= 0.6 is 0 Å². The van der Waals surface area contributed by atoms with E-state index in [9.17, 15) is 4.79 Å². The highest BCUT2D eigenvalue weighted by Gasteiger charge is 2.47. The smallest absolute Gasteiger partial charge is 0.238 e. The molecule has 0 unspecified atom stereocenters. The van der Waals surface area contributed by atoms with E-state index in [4.69, 9.17) is 4.74 Å². The number of nitrogens with zero attached hydrogens (tertiary/aromatic N) is 1. The Morgan fingerprint density at radius 1 is 1.26 bits per heavy atom. The van der Waals surface area contributed by atoms with Crippen LogP contribution in [0.3, 0.4) is 0 Å². The molecule has 2 heterocycles. The SMILES string of the molecule is CCCOc1nc(C)ccc1NC(=O)C1(c2ccccc2C(C)C)CNC1. The standard InChI is InChI=1S/C22H29N3O2/c1-5-12-27-20-19(11-10-16(4)24-20)25-21(26)22(13-23-14-22)18-9-7-6-8-17(18)15(2)3/h6-11,15,23H,5,12-14H2,1-4H3,(H,25,26). The Labute approximate surface area is 161 Å². The Morgan fingerprint density at radius 3 is 2.63 bits per heavy atom. The molecule has 2 N–H and O–H groups in total. The maximum Gasteiger partial charge on any atom is 0.238 e. The van der Waals surface area contributed by atoms with Crippen molar-refractivity contribution in [1.82, 2.24) is 10.3 Å². The molecule has 0 saturated carbocycles. The van der Waals surface area contributed by atoms with Gasteiger partial charge in [0.25, 0.3) is 0 Å². The van der Waals surface area contributed by atoms with E-state index >= 15 is 0 Å². The molecule has 144 valence electrons. The summed E-state index contributed by atoms with van der Waals surface area (Å²) in [4.78, 5) is 17.8. The summed E-state index contributed by atoms with van der Waals surface area (Å²) in [6.45, 7) is 10.1. The van der Waals surface area contributed by atoms with Gasteiger partial charge < -0.3 is 15.4 Å². The van der Waals surface area contributed by atoms with Crippen molar-refractivity contribution >= 4 is 11.6 Å². The number of nitrogens with one attached hydrogen (secondary N) is 2. The summed E-state index contributed by atoms with van der Waals surface area (Å²) in [6, 6.07) is 12.0. The third kappa shape index (κ3) is 3.83. The van der Waals surface area contributed by atoms with Crippen LogP contribution in [0.15, 0.2) is 36.4 Å². The molecule has 1 aromatic carbocycles. The number of benzene rings is 1. The Bertz CT molecular complexity index is 813. The molecule has 1 aromatic heterocycles. The highest BCUT2D eigenvalue weighted by Crippen LogP contribution is 2.36. The van der Waals surface area contributed by atoms with Crippen molar-refractivity contribution in [3.63, 3.8) is 0 Å². The van der Waals surface area contributed by atoms with E-state index < -0.39 is 5.41 Å². The third-order valence-electron chi connectivity index (χ3n) is 5.08. The average molecular weight is 367 g/mol. The first-order chi connectivity index (χ1) is 13.0. The van der Waals surface area contributed by atoms with Gasteiger partial charge in [-0.2, -0.15) is 0 Å². The number of aromatic nitrogens is 1. The molecular weight excluding hydrogens is 338 g/mol. The molecule has 0 aliphatic carbocycles. The van der Waals surface area contributed by atoms with E-state index in [0.29, 0.717) is 37.2 Å². The zero-order valence-corrected chi connectivity index (χ0v) is 16.6. The lowest BCUT2D eigenvalue weighted by Crippen LogP contribution is -2.63. The van der Waals surface area contributed by atoms with Crippen molar-refractivity contribution in [2.45, 2.75) is 45.4 Å².